The molecule has 1 saturated carbocycles. The van der Waals surface area contributed by atoms with Gasteiger partial charge in [0.15, 0.2) is 0 Å². The van der Waals surface area contributed by atoms with Gasteiger partial charge in [-0.05, 0) is 49.9 Å². The molecule has 1 aliphatic rings. The lowest BCUT2D eigenvalue weighted by atomic mass is 9.79. The molecule has 110 valence electrons. The van der Waals surface area contributed by atoms with Crippen LogP contribution in [0.15, 0.2) is 24.3 Å². The minimum atomic E-state index is -0.646. The Hall–Kier alpha value is -1.06. The monoisotopic (exact) mass is 295 g/mol. The van der Waals surface area contributed by atoms with Crippen molar-refractivity contribution in [3.63, 3.8) is 0 Å². The van der Waals surface area contributed by atoms with E-state index in [0.29, 0.717) is 0 Å². The third kappa shape index (κ3) is 3.97. The molecule has 3 nitrogen and oxygen atoms in total. The topological polar surface area (TPSA) is 49.3 Å². The summed E-state index contributed by atoms with van der Waals surface area (Å²) >= 11 is 6.00. The molecule has 0 spiro atoms. The molecule has 0 heterocycles. The molecule has 0 aliphatic heterocycles. The number of rotatable bonds is 5. The number of carbonyl (C=O) groups is 1. The third-order valence-electron chi connectivity index (χ3n) is 4.26. The first kappa shape index (κ1) is 15.3. The van der Waals surface area contributed by atoms with Gasteiger partial charge in [0.1, 0.15) is 0 Å². The normalized spacial score (nSPS) is 24.3. The van der Waals surface area contributed by atoms with E-state index in [-0.39, 0.29) is 17.9 Å². The minimum absolute atomic E-state index is 0.185. The molecule has 0 bridgehead atoms. The molecule has 1 aliphatic carbocycles. The standard InChI is InChI=1S/C16H22ClNO2/c1-11(12-6-4-7-14(17)9-12)18-10-13-5-2-3-8-15(13)16(19)20/h4,6-7,9,11,13,15,18H,2-3,5,8,10H2,1H3,(H,19,20). The molecular weight excluding hydrogens is 274 g/mol. The van der Waals surface area contributed by atoms with Crippen LogP contribution in [-0.4, -0.2) is 17.6 Å². The van der Waals surface area contributed by atoms with Crippen LogP contribution in [0, 0.1) is 11.8 Å². The van der Waals surface area contributed by atoms with Crippen molar-refractivity contribution in [3.8, 4) is 0 Å². The Labute approximate surface area is 125 Å². The number of hydrogen-bond donors (Lipinski definition) is 2. The summed E-state index contributed by atoms with van der Waals surface area (Å²) in [6.45, 7) is 2.84. The fourth-order valence-electron chi connectivity index (χ4n) is 3.00. The molecule has 3 atom stereocenters. The number of carboxylic acids is 1. The van der Waals surface area contributed by atoms with Gasteiger partial charge in [-0.2, -0.15) is 0 Å². The number of aliphatic carboxylic acids is 1. The van der Waals surface area contributed by atoms with Crippen LogP contribution in [0.5, 0.6) is 0 Å². The Morgan fingerprint density at radius 2 is 2.20 bits per heavy atom. The fraction of sp³-hybridized carbons (Fsp3) is 0.562. The number of benzene rings is 1. The molecule has 2 rings (SSSR count). The highest BCUT2D eigenvalue weighted by Gasteiger charge is 2.30. The van der Waals surface area contributed by atoms with Crippen LogP contribution in [0.4, 0.5) is 0 Å². The lowest BCUT2D eigenvalue weighted by molar-refractivity contribution is -0.144. The molecule has 0 radical (unpaired) electrons. The zero-order valence-electron chi connectivity index (χ0n) is 11.8. The first-order valence-corrected chi connectivity index (χ1v) is 7.67. The van der Waals surface area contributed by atoms with Crippen molar-refractivity contribution in [1.82, 2.24) is 5.32 Å². The van der Waals surface area contributed by atoms with Gasteiger partial charge in [-0.1, -0.05) is 36.6 Å². The van der Waals surface area contributed by atoms with Crippen LogP contribution in [0.2, 0.25) is 5.02 Å². The zero-order valence-corrected chi connectivity index (χ0v) is 12.6. The molecule has 0 saturated heterocycles. The second-order valence-electron chi connectivity index (χ2n) is 5.67. The van der Waals surface area contributed by atoms with E-state index in [2.05, 4.69) is 12.2 Å². The van der Waals surface area contributed by atoms with E-state index in [1.807, 2.05) is 24.3 Å². The second kappa shape index (κ2) is 7.09. The molecule has 1 fully saturated rings. The summed E-state index contributed by atoms with van der Waals surface area (Å²) in [4.78, 5) is 11.3. The zero-order chi connectivity index (χ0) is 14.5. The lowest BCUT2D eigenvalue weighted by Crippen LogP contribution is -2.35. The summed E-state index contributed by atoms with van der Waals surface area (Å²) in [5.41, 5.74) is 1.14. The van der Waals surface area contributed by atoms with Gasteiger partial charge in [-0.15, -0.1) is 0 Å². The molecule has 2 N–H and O–H groups in total. The number of halogens is 1. The SMILES string of the molecule is CC(NCC1CCCCC1C(=O)O)c1cccc(Cl)c1. The summed E-state index contributed by atoms with van der Waals surface area (Å²) in [7, 11) is 0. The van der Waals surface area contributed by atoms with Crippen molar-refractivity contribution >= 4 is 17.6 Å². The van der Waals surface area contributed by atoms with Crippen LogP contribution in [0.25, 0.3) is 0 Å². The fourth-order valence-corrected chi connectivity index (χ4v) is 3.20. The second-order valence-corrected chi connectivity index (χ2v) is 6.11. The van der Waals surface area contributed by atoms with Gasteiger partial charge >= 0.3 is 5.97 Å². The van der Waals surface area contributed by atoms with Gasteiger partial charge in [0, 0.05) is 11.1 Å². The van der Waals surface area contributed by atoms with Gasteiger partial charge in [0.2, 0.25) is 0 Å². The molecule has 20 heavy (non-hydrogen) atoms. The first-order chi connectivity index (χ1) is 9.58. The lowest BCUT2D eigenvalue weighted by Gasteiger charge is -2.30. The quantitative estimate of drug-likeness (QED) is 0.866. The molecule has 3 unspecified atom stereocenters. The molecule has 0 amide bonds. The molecule has 1 aromatic rings. The summed E-state index contributed by atoms with van der Waals surface area (Å²) in [5, 5.41) is 13.5. The van der Waals surface area contributed by atoms with Crippen molar-refractivity contribution < 1.29 is 9.90 Å². The Morgan fingerprint density at radius 3 is 2.90 bits per heavy atom. The van der Waals surface area contributed by atoms with Crippen LogP contribution < -0.4 is 5.32 Å². The van der Waals surface area contributed by atoms with Crippen molar-refractivity contribution in [2.75, 3.05) is 6.54 Å². The Kier molecular flexibility index (Phi) is 5.44. The predicted molar refractivity (Wildman–Crippen MR) is 81.0 cm³/mol. The van der Waals surface area contributed by atoms with E-state index in [4.69, 9.17) is 11.6 Å². The van der Waals surface area contributed by atoms with Crippen LogP contribution in [0.3, 0.4) is 0 Å². The number of carboxylic acid groups (broad SMARTS) is 1. The van der Waals surface area contributed by atoms with Crippen molar-refractivity contribution in [3.05, 3.63) is 34.9 Å². The minimum Gasteiger partial charge on any atom is -0.481 e. The van der Waals surface area contributed by atoms with E-state index >= 15 is 0 Å². The molecule has 0 aromatic heterocycles. The summed E-state index contributed by atoms with van der Waals surface area (Å²) in [5.74, 6) is -0.599. The first-order valence-electron chi connectivity index (χ1n) is 7.29. The average Bonchev–Trinajstić information content (AvgIpc) is 2.45. The van der Waals surface area contributed by atoms with Gasteiger partial charge in [-0.3, -0.25) is 4.79 Å². The summed E-state index contributed by atoms with van der Waals surface area (Å²) in [6, 6.07) is 7.98. The maximum Gasteiger partial charge on any atom is 0.306 e. The highest BCUT2D eigenvalue weighted by molar-refractivity contribution is 6.30. The maximum absolute atomic E-state index is 11.3. The van der Waals surface area contributed by atoms with Crippen molar-refractivity contribution in [2.45, 2.75) is 38.6 Å². The van der Waals surface area contributed by atoms with E-state index < -0.39 is 5.97 Å². The predicted octanol–water partition coefficient (Wildman–Crippen LogP) is 3.88. The number of hydrogen-bond acceptors (Lipinski definition) is 2. The highest BCUT2D eigenvalue weighted by Crippen LogP contribution is 2.30. The van der Waals surface area contributed by atoms with E-state index in [9.17, 15) is 9.90 Å². The Morgan fingerprint density at radius 1 is 1.45 bits per heavy atom. The Balaban J connectivity index is 1.91. The summed E-state index contributed by atoms with van der Waals surface area (Å²) in [6.07, 6.45) is 4.00. The average molecular weight is 296 g/mol. The van der Waals surface area contributed by atoms with Crippen LogP contribution >= 0.6 is 11.6 Å². The van der Waals surface area contributed by atoms with Gasteiger partial charge in [0.05, 0.1) is 5.92 Å². The molecule has 4 heteroatoms. The molecular formula is C16H22ClNO2. The van der Waals surface area contributed by atoms with E-state index in [1.54, 1.807) is 0 Å². The third-order valence-corrected chi connectivity index (χ3v) is 4.50. The van der Waals surface area contributed by atoms with Crippen LogP contribution in [0.1, 0.15) is 44.2 Å². The highest BCUT2D eigenvalue weighted by atomic mass is 35.5. The maximum atomic E-state index is 11.3. The largest absolute Gasteiger partial charge is 0.481 e. The van der Waals surface area contributed by atoms with Crippen LogP contribution in [-0.2, 0) is 4.79 Å². The van der Waals surface area contributed by atoms with Gasteiger partial charge in [0.25, 0.3) is 0 Å². The smallest absolute Gasteiger partial charge is 0.306 e. The summed E-state index contributed by atoms with van der Waals surface area (Å²) < 4.78 is 0. The van der Waals surface area contributed by atoms with Crippen molar-refractivity contribution in [1.29, 1.82) is 0 Å². The van der Waals surface area contributed by atoms with E-state index in [1.165, 1.54) is 0 Å². The molecule has 1 aromatic carbocycles. The van der Waals surface area contributed by atoms with Crippen molar-refractivity contribution in [2.24, 2.45) is 11.8 Å². The van der Waals surface area contributed by atoms with E-state index in [0.717, 1.165) is 42.8 Å². The van der Waals surface area contributed by atoms with Gasteiger partial charge in [-0.25, -0.2) is 0 Å². The Bertz CT molecular complexity index is 464. The van der Waals surface area contributed by atoms with Gasteiger partial charge < -0.3 is 10.4 Å². The number of nitrogens with one attached hydrogen (secondary N) is 1.